The van der Waals surface area contributed by atoms with Crippen molar-refractivity contribution in [2.24, 2.45) is 5.41 Å². The van der Waals surface area contributed by atoms with Crippen molar-refractivity contribution in [3.05, 3.63) is 47.5 Å². The Kier molecular flexibility index (Phi) is 5.60. The summed E-state index contributed by atoms with van der Waals surface area (Å²) in [7, 11) is 0. The number of aryl methyl sites for hydroxylation is 1. The highest BCUT2D eigenvalue weighted by Gasteiger charge is 2.41. The Balaban J connectivity index is 1.44. The Labute approximate surface area is 169 Å². The number of benzene rings is 1. The third-order valence-corrected chi connectivity index (χ3v) is 6.12. The van der Waals surface area contributed by atoms with Gasteiger partial charge in [0.1, 0.15) is 11.5 Å². The largest absolute Gasteiger partial charge is 0.350 e. The zero-order valence-electron chi connectivity index (χ0n) is 16.4. The van der Waals surface area contributed by atoms with E-state index in [1.165, 1.54) is 12.1 Å². The van der Waals surface area contributed by atoms with E-state index in [1.54, 1.807) is 17.0 Å². The monoisotopic (exact) mass is 399 g/mol. The zero-order valence-corrected chi connectivity index (χ0v) is 16.4. The summed E-state index contributed by atoms with van der Waals surface area (Å²) >= 11 is 0. The number of likely N-dealkylation sites (tertiary alicyclic amines) is 1. The quantitative estimate of drug-likeness (QED) is 0.799. The third-order valence-electron chi connectivity index (χ3n) is 6.12. The van der Waals surface area contributed by atoms with Crippen molar-refractivity contribution >= 4 is 11.8 Å². The van der Waals surface area contributed by atoms with E-state index in [0.29, 0.717) is 38.0 Å². The van der Waals surface area contributed by atoms with Gasteiger partial charge in [0.05, 0.1) is 18.2 Å². The van der Waals surface area contributed by atoms with Gasteiger partial charge in [-0.2, -0.15) is 0 Å². The molecule has 2 amide bonds. The number of fused-ring (bicyclic) bond motifs is 2. The predicted molar refractivity (Wildman–Crippen MR) is 104 cm³/mol. The molecule has 0 atom stereocenters. The average molecular weight is 399 g/mol. The van der Waals surface area contributed by atoms with E-state index < -0.39 is 11.2 Å². The first kappa shape index (κ1) is 19.5. The van der Waals surface area contributed by atoms with E-state index in [-0.39, 0.29) is 11.8 Å². The molecule has 1 saturated heterocycles. The number of hydrogen-bond donors (Lipinski definition) is 1. The van der Waals surface area contributed by atoms with E-state index in [9.17, 15) is 14.0 Å². The molecular formula is C21H26FN5O2. The van der Waals surface area contributed by atoms with Gasteiger partial charge in [-0.15, -0.1) is 5.10 Å². The minimum absolute atomic E-state index is 0.0329. The van der Waals surface area contributed by atoms with Crippen molar-refractivity contribution in [1.29, 1.82) is 0 Å². The number of aromatic nitrogens is 3. The van der Waals surface area contributed by atoms with Crippen LogP contribution in [0, 0.1) is 11.2 Å². The van der Waals surface area contributed by atoms with Crippen LogP contribution < -0.4 is 5.32 Å². The summed E-state index contributed by atoms with van der Waals surface area (Å²) in [5.41, 5.74) is 0.647. The van der Waals surface area contributed by atoms with Crippen molar-refractivity contribution < 1.29 is 14.0 Å². The Morgan fingerprint density at radius 2 is 1.93 bits per heavy atom. The van der Waals surface area contributed by atoms with E-state index in [1.807, 2.05) is 10.9 Å². The number of carbonyl (C=O) groups excluding carboxylic acids is 2. The van der Waals surface area contributed by atoms with Crippen LogP contribution in [0.3, 0.4) is 0 Å². The molecule has 2 bridgehead atoms. The summed E-state index contributed by atoms with van der Waals surface area (Å²) in [6.07, 6.45) is 6.93. The van der Waals surface area contributed by atoms with Crippen LogP contribution in [-0.4, -0.2) is 44.8 Å². The Morgan fingerprint density at radius 3 is 2.72 bits per heavy atom. The Bertz CT molecular complexity index is 889. The molecule has 29 heavy (non-hydrogen) atoms. The van der Waals surface area contributed by atoms with Crippen LogP contribution in [0.2, 0.25) is 0 Å². The van der Waals surface area contributed by atoms with Gasteiger partial charge < -0.3 is 10.2 Å². The first-order valence-electron chi connectivity index (χ1n) is 10.3. The molecule has 1 spiro atoms. The molecule has 1 fully saturated rings. The van der Waals surface area contributed by atoms with Crippen LogP contribution in [0.4, 0.5) is 4.39 Å². The van der Waals surface area contributed by atoms with Crippen molar-refractivity contribution in [3.63, 3.8) is 0 Å². The molecule has 2 aromatic rings. The number of carbonyl (C=O) groups is 2. The van der Waals surface area contributed by atoms with Gasteiger partial charge in [-0.25, -0.2) is 4.39 Å². The van der Waals surface area contributed by atoms with Crippen LogP contribution >= 0.6 is 0 Å². The topological polar surface area (TPSA) is 80.1 Å². The highest BCUT2D eigenvalue weighted by Crippen LogP contribution is 2.38. The lowest BCUT2D eigenvalue weighted by Crippen LogP contribution is -2.50. The highest BCUT2D eigenvalue weighted by molar-refractivity contribution is 5.94. The Hall–Kier alpha value is -2.77. The minimum atomic E-state index is -0.464. The molecule has 0 unspecified atom stereocenters. The maximum absolute atomic E-state index is 13.5. The summed E-state index contributed by atoms with van der Waals surface area (Å²) in [6, 6.07) is 5.77. The maximum Gasteiger partial charge on any atom is 0.253 e. The van der Waals surface area contributed by atoms with E-state index in [0.717, 1.165) is 37.9 Å². The number of halogens is 1. The van der Waals surface area contributed by atoms with Gasteiger partial charge in [-0.05, 0) is 43.9 Å². The fourth-order valence-corrected chi connectivity index (χ4v) is 4.33. The van der Waals surface area contributed by atoms with Crippen LogP contribution in [0.15, 0.2) is 30.5 Å². The molecule has 2 aliphatic rings. The van der Waals surface area contributed by atoms with Crippen LogP contribution in [0.1, 0.15) is 54.6 Å². The van der Waals surface area contributed by atoms with E-state index in [2.05, 4.69) is 15.6 Å². The van der Waals surface area contributed by atoms with Gasteiger partial charge in [-0.1, -0.05) is 24.1 Å². The molecule has 0 aliphatic carbocycles. The lowest BCUT2D eigenvalue weighted by atomic mass is 9.73. The van der Waals surface area contributed by atoms with Crippen molar-refractivity contribution in [2.45, 2.75) is 51.6 Å². The van der Waals surface area contributed by atoms with Gasteiger partial charge in [0.25, 0.3) is 5.91 Å². The van der Waals surface area contributed by atoms with Gasteiger partial charge in [0.15, 0.2) is 0 Å². The molecule has 154 valence electrons. The second-order valence-corrected chi connectivity index (χ2v) is 8.05. The van der Waals surface area contributed by atoms with Crippen molar-refractivity contribution in [3.8, 4) is 0 Å². The summed E-state index contributed by atoms with van der Waals surface area (Å²) in [5, 5.41) is 11.3. The average Bonchev–Trinajstić information content (AvgIpc) is 3.19. The second-order valence-electron chi connectivity index (χ2n) is 8.05. The fourth-order valence-electron chi connectivity index (χ4n) is 4.33. The Morgan fingerprint density at radius 1 is 1.10 bits per heavy atom. The molecule has 2 aliphatic heterocycles. The zero-order chi connectivity index (χ0) is 20.3. The van der Waals surface area contributed by atoms with Crippen molar-refractivity contribution in [2.75, 3.05) is 13.1 Å². The molecule has 3 heterocycles. The summed E-state index contributed by atoms with van der Waals surface area (Å²) < 4.78 is 15.3. The van der Waals surface area contributed by atoms with Gasteiger partial charge in [0.2, 0.25) is 5.91 Å². The molecule has 8 heteroatoms. The number of nitrogens with zero attached hydrogens (tertiary/aromatic N) is 4. The summed E-state index contributed by atoms with van der Waals surface area (Å²) in [6.45, 7) is 2.20. The molecule has 4 rings (SSSR count). The highest BCUT2D eigenvalue weighted by atomic mass is 19.1. The first-order valence-corrected chi connectivity index (χ1v) is 10.3. The van der Waals surface area contributed by atoms with Crippen molar-refractivity contribution in [1.82, 2.24) is 25.2 Å². The number of piperidine rings is 1. The second kappa shape index (κ2) is 8.31. The SMILES string of the molecule is O=C(c1cccc(F)c1)N1CCC2(CCCCCn3cc(nn3)CNC2=O)CC1. The van der Waals surface area contributed by atoms with Gasteiger partial charge in [0, 0.05) is 25.2 Å². The number of rotatable bonds is 1. The third kappa shape index (κ3) is 4.31. The molecule has 7 nitrogen and oxygen atoms in total. The lowest BCUT2D eigenvalue weighted by molar-refractivity contribution is -0.134. The standard InChI is InChI=1S/C21H26FN5O2/c22-17-6-4-5-16(13-17)19(28)26-11-8-21(9-12-26)7-2-1-3-10-27-15-18(24-25-27)14-23-20(21)29/h4-6,13,15H,1-3,7-12,14H2,(H,23,29). The van der Waals surface area contributed by atoms with E-state index in [4.69, 9.17) is 0 Å². The molecule has 1 aromatic heterocycles. The van der Waals surface area contributed by atoms with Gasteiger partial charge in [-0.3, -0.25) is 14.3 Å². The predicted octanol–water partition coefficient (Wildman–Crippen LogP) is 2.53. The fraction of sp³-hybridized carbons (Fsp3) is 0.524. The molecule has 1 N–H and O–H groups in total. The lowest BCUT2D eigenvalue weighted by Gasteiger charge is -2.41. The number of hydrogen-bond acceptors (Lipinski definition) is 4. The summed E-state index contributed by atoms with van der Waals surface area (Å²) in [5.74, 6) is -0.560. The molecular weight excluding hydrogens is 373 g/mol. The van der Waals surface area contributed by atoms with Crippen LogP contribution in [-0.2, 0) is 17.9 Å². The first-order chi connectivity index (χ1) is 14.1. The van der Waals surface area contributed by atoms with E-state index >= 15 is 0 Å². The molecule has 1 aromatic carbocycles. The molecule has 0 saturated carbocycles. The maximum atomic E-state index is 13.5. The summed E-state index contributed by atoms with van der Waals surface area (Å²) in [4.78, 5) is 27.5. The number of nitrogens with one attached hydrogen (secondary N) is 1. The number of amides is 2. The van der Waals surface area contributed by atoms with Crippen LogP contribution in [0.5, 0.6) is 0 Å². The van der Waals surface area contributed by atoms with Crippen LogP contribution in [0.25, 0.3) is 0 Å². The smallest absolute Gasteiger partial charge is 0.253 e. The molecule has 0 radical (unpaired) electrons. The van der Waals surface area contributed by atoms with Gasteiger partial charge >= 0.3 is 0 Å². The minimum Gasteiger partial charge on any atom is -0.350 e. The normalized spacial score (nSPS) is 19.9.